The number of hydrogen-bond donors (Lipinski definition) is 1. The van der Waals surface area contributed by atoms with Crippen molar-refractivity contribution in [3.8, 4) is 0 Å². The fraction of sp³-hybridized carbons (Fsp3) is 0.947. The van der Waals surface area contributed by atoms with E-state index in [0.717, 1.165) is 12.8 Å². The van der Waals surface area contributed by atoms with Gasteiger partial charge in [0.25, 0.3) is 0 Å². The molecule has 1 rings (SSSR count). The molecular formula is C19H39NO2. The van der Waals surface area contributed by atoms with Crippen molar-refractivity contribution >= 4 is 5.97 Å². The fourth-order valence-electron chi connectivity index (χ4n) is 3.32. The van der Waals surface area contributed by atoms with E-state index < -0.39 is 5.97 Å². The third-order valence-corrected chi connectivity index (χ3v) is 4.58. The molecule has 132 valence electrons. The molecule has 0 aromatic carbocycles. The maximum atomic E-state index is 8.89. The van der Waals surface area contributed by atoms with Gasteiger partial charge in [0.2, 0.25) is 0 Å². The van der Waals surface area contributed by atoms with Crippen LogP contribution >= 0.6 is 0 Å². The standard InChI is InChI=1S/C17H35N.C2H4O2/c1-3-5-7-8-9-10-11-14-18-15-13-17(16-18)12-6-4-2;1-2(3)4/h17H,3-16H2,1-2H3;1H3,(H,3,4). The molecule has 22 heavy (non-hydrogen) atoms. The van der Waals surface area contributed by atoms with Gasteiger partial charge in [-0.2, -0.15) is 0 Å². The second kappa shape index (κ2) is 15.3. The number of aliphatic carboxylic acids is 1. The predicted octanol–water partition coefficient (Wildman–Crippen LogP) is 2.59. The second-order valence-electron chi connectivity index (χ2n) is 6.86. The Balaban J connectivity index is 0.000000980. The molecule has 0 aliphatic carbocycles. The maximum absolute atomic E-state index is 8.89. The van der Waals surface area contributed by atoms with Crippen molar-refractivity contribution < 1.29 is 14.8 Å². The molecule has 1 aliphatic heterocycles. The van der Waals surface area contributed by atoms with Gasteiger partial charge in [0.15, 0.2) is 0 Å². The van der Waals surface area contributed by atoms with E-state index in [1.54, 1.807) is 0 Å². The Hall–Kier alpha value is -0.570. The molecule has 0 radical (unpaired) electrons. The quantitative estimate of drug-likeness (QED) is 0.596. The number of carbonyl (C=O) groups excluding carboxylic acids is 1. The highest BCUT2D eigenvalue weighted by Gasteiger charge is 2.24. The highest BCUT2D eigenvalue weighted by atomic mass is 16.4. The molecule has 2 unspecified atom stereocenters. The zero-order valence-corrected chi connectivity index (χ0v) is 15.3. The summed E-state index contributed by atoms with van der Waals surface area (Å²) in [6, 6.07) is 0. The molecule has 3 nitrogen and oxygen atoms in total. The monoisotopic (exact) mass is 313 g/mol. The smallest absolute Gasteiger partial charge is 0.0801 e. The van der Waals surface area contributed by atoms with Crippen LogP contribution < -0.4 is 10.0 Å². The van der Waals surface area contributed by atoms with Gasteiger partial charge >= 0.3 is 0 Å². The van der Waals surface area contributed by atoms with Gasteiger partial charge in [-0.25, -0.2) is 0 Å². The Morgan fingerprint density at radius 2 is 1.55 bits per heavy atom. The number of quaternary nitrogens is 1. The molecule has 0 amide bonds. The molecule has 0 bridgehead atoms. The highest BCUT2D eigenvalue weighted by Crippen LogP contribution is 2.13. The molecule has 1 heterocycles. The molecule has 0 aromatic rings. The van der Waals surface area contributed by atoms with E-state index in [4.69, 9.17) is 9.90 Å². The minimum atomic E-state index is -1.08. The summed E-state index contributed by atoms with van der Waals surface area (Å²) >= 11 is 0. The maximum Gasteiger partial charge on any atom is 0.0801 e. The van der Waals surface area contributed by atoms with Crippen LogP contribution in [0, 0.1) is 5.92 Å². The number of carboxylic acid groups (broad SMARTS) is 1. The van der Waals surface area contributed by atoms with E-state index in [1.807, 2.05) is 4.90 Å². The van der Waals surface area contributed by atoms with E-state index in [-0.39, 0.29) is 0 Å². The molecule has 1 N–H and O–H groups in total. The van der Waals surface area contributed by atoms with Crippen LogP contribution in [0.3, 0.4) is 0 Å². The van der Waals surface area contributed by atoms with Gasteiger partial charge < -0.3 is 14.8 Å². The van der Waals surface area contributed by atoms with Crippen LogP contribution in [0.1, 0.15) is 91.4 Å². The Labute approximate surface area is 138 Å². The molecule has 1 fully saturated rings. The van der Waals surface area contributed by atoms with Crippen molar-refractivity contribution in [1.82, 2.24) is 0 Å². The molecular weight excluding hydrogens is 274 g/mol. The minimum Gasteiger partial charge on any atom is -0.550 e. The Morgan fingerprint density at radius 3 is 2.14 bits per heavy atom. The van der Waals surface area contributed by atoms with Gasteiger partial charge in [-0.1, -0.05) is 58.8 Å². The van der Waals surface area contributed by atoms with E-state index in [1.165, 1.54) is 90.3 Å². The summed E-state index contributed by atoms with van der Waals surface area (Å²) in [5, 5.41) is 8.89. The predicted molar refractivity (Wildman–Crippen MR) is 91.9 cm³/mol. The van der Waals surface area contributed by atoms with Crippen LogP contribution in [-0.4, -0.2) is 25.6 Å². The Kier molecular flexibility index (Phi) is 14.9. The summed E-state index contributed by atoms with van der Waals surface area (Å²) in [5.41, 5.74) is 0. The van der Waals surface area contributed by atoms with Crippen molar-refractivity contribution in [2.45, 2.75) is 91.4 Å². The normalized spacial score (nSPS) is 20.5. The summed E-state index contributed by atoms with van der Waals surface area (Å²) in [4.78, 5) is 10.8. The van der Waals surface area contributed by atoms with Gasteiger partial charge in [0.05, 0.1) is 19.6 Å². The first-order valence-corrected chi connectivity index (χ1v) is 9.61. The fourth-order valence-corrected chi connectivity index (χ4v) is 3.32. The number of rotatable bonds is 11. The number of hydrogen-bond acceptors (Lipinski definition) is 2. The third kappa shape index (κ3) is 14.4. The lowest BCUT2D eigenvalue weighted by molar-refractivity contribution is -0.889. The lowest BCUT2D eigenvalue weighted by Gasteiger charge is -2.13. The zero-order chi connectivity index (χ0) is 16.6. The highest BCUT2D eigenvalue weighted by molar-refractivity contribution is 5.60. The topological polar surface area (TPSA) is 44.6 Å². The molecule has 1 saturated heterocycles. The summed E-state index contributed by atoms with van der Waals surface area (Å²) in [5.74, 6) is -0.0236. The van der Waals surface area contributed by atoms with Crippen LogP contribution in [0.2, 0.25) is 0 Å². The van der Waals surface area contributed by atoms with Crippen molar-refractivity contribution in [2.75, 3.05) is 19.6 Å². The first-order valence-electron chi connectivity index (χ1n) is 9.61. The largest absolute Gasteiger partial charge is 0.550 e. The molecule has 2 atom stereocenters. The lowest BCUT2D eigenvalue weighted by Crippen LogP contribution is -3.10. The van der Waals surface area contributed by atoms with Crippen molar-refractivity contribution in [3.63, 3.8) is 0 Å². The number of likely N-dealkylation sites (tertiary alicyclic amines) is 1. The van der Waals surface area contributed by atoms with Crippen molar-refractivity contribution in [3.05, 3.63) is 0 Å². The minimum absolute atomic E-state index is 0.972. The van der Waals surface area contributed by atoms with Gasteiger partial charge in [-0.3, -0.25) is 0 Å². The molecule has 0 aromatic heterocycles. The van der Waals surface area contributed by atoms with Crippen LogP contribution in [-0.2, 0) is 4.79 Å². The van der Waals surface area contributed by atoms with Crippen LogP contribution in [0.25, 0.3) is 0 Å². The summed E-state index contributed by atoms with van der Waals surface area (Å²) < 4.78 is 0. The number of carbonyl (C=O) groups is 1. The summed E-state index contributed by atoms with van der Waals surface area (Å²) in [6.07, 6.45) is 16.0. The number of carboxylic acids is 1. The van der Waals surface area contributed by atoms with Gasteiger partial charge in [0.1, 0.15) is 0 Å². The van der Waals surface area contributed by atoms with Crippen LogP contribution in [0.4, 0.5) is 0 Å². The third-order valence-electron chi connectivity index (χ3n) is 4.58. The molecule has 1 aliphatic rings. The van der Waals surface area contributed by atoms with Gasteiger partial charge in [-0.05, 0) is 26.2 Å². The van der Waals surface area contributed by atoms with E-state index in [0.29, 0.717) is 0 Å². The Morgan fingerprint density at radius 1 is 1.00 bits per heavy atom. The first-order chi connectivity index (χ1) is 10.6. The van der Waals surface area contributed by atoms with Crippen LogP contribution in [0.15, 0.2) is 0 Å². The summed E-state index contributed by atoms with van der Waals surface area (Å²) in [7, 11) is 0. The first kappa shape index (κ1) is 21.4. The van der Waals surface area contributed by atoms with Gasteiger partial charge in [-0.15, -0.1) is 0 Å². The average molecular weight is 314 g/mol. The second-order valence-corrected chi connectivity index (χ2v) is 6.86. The van der Waals surface area contributed by atoms with Crippen LogP contribution in [0.5, 0.6) is 0 Å². The number of unbranched alkanes of at least 4 members (excludes halogenated alkanes) is 7. The van der Waals surface area contributed by atoms with E-state index in [9.17, 15) is 0 Å². The van der Waals surface area contributed by atoms with Crippen molar-refractivity contribution in [2.24, 2.45) is 5.92 Å². The summed E-state index contributed by atoms with van der Waals surface area (Å²) in [6.45, 7) is 9.99. The van der Waals surface area contributed by atoms with Crippen molar-refractivity contribution in [1.29, 1.82) is 0 Å². The molecule has 0 spiro atoms. The number of nitrogens with one attached hydrogen (secondary N) is 1. The SMILES string of the molecule is CC(=O)[O-].CCCCCCCCC[NH+]1CCC(CCCC)C1. The van der Waals surface area contributed by atoms with E-state index >= 15 is 0 Å². The molecule has 0 saturated carbocycles. The lowest BCUT2D eigenvalue weighted by atomic mass is 10.0. The van der Waals surface area contributed by atoms with E-state index in [2.05, 4.69) is 13.8 Å². The average Bonchev–Trinajstić information content (AvgIpc) is 2.91. The Bertz CT molecular complexity index is 252. The molecule has 3 heteroatoms. The zero-order valence-electron chi connectivity index (χ0n) is 15.3. The van der Waals surface area contributed by atoms with Gasteiger partial charge in [0, 0.05) is 18.3 Å².